The van der Waals surface area contributed by atoms with Crippen LogP contribution in [0, 0.1) is 0 Å². The van der Waals surface area contributed by atoms with Gasteiger partial charge in [0.1, 0.15) is 0 Å². The molecule has 0 atom stereocenters. The predicted molar refractivity (Wildman–Crippen MR) is 63.7 cm³/mol. The largest absolute Gasteiger partial charge is 0.478 e. The van der Waals surface area contributed by atoms with E-state index in [0.717, 1.165) is 10.9 Å². The highest BCUT2D eigenvalue weighted by Gasteiger charge is 2.10. The van der Waals surface area contributed by atoms with Gasteiger partial charge in [-0.25, -0.2) is 4.79 Å². The van der Waals surface area contributed by atoms with Gasteiger partial charge in [-0.1, -0.05) is 24.3 Å². The van der Waals surface area contributed by atoms with Gasteiger partial charge in [0.15, 0.2) is 0 Å². The number of allylic oxidation sites excluding steroid dienone is 2. The first-order chi connectivity index (χ1) is 7.74. The highest BCUT2D eigenvalue weighted by molar-refractivity contribution is 6.02. The number of carboxylic acids is 1. The first-order valence-electron chi connectivity index (χ1n) is 5.16. The fourth-order valence-electron chi connectivity index (χ4n) is 1.80. The number of nitrogens with zero attached hydrogens (tertiary/aromatic N) is 1. The maximum absolute atomic E-state index is 11.1. The fraction of sp³-hybridized carbons (Fsp3) is 0.154. The Kier molecular flexibility index (Phi) is 2.77. The van der Waals surface area contributed by atoms with E-state index in [1.807, 2.05) is 42.0 Å². The molecule has 0 bridgehead atoms. The van der Waals surface area contributed by atoms with E-state index in [1.165, 1.54) is 0 Å². The van der Waals surface area contributed by atoms with Crippen LogP contribution in [0.2, 0.25) is 0 Å². The summed E-state index contributed by atoms with van der Waals surface area (Å²) in [6.45, 7) is 2.65. The number of carboxylic acid groups (broad SMARTS) is 1. The molecule has 2 rings (SSSR count). The summed E-state index contributed by atoms with van der Waals surface area (Å²) < 4.78 is 1.94. The van der Waals surface area contributed by atoms with E-state index in [4.69, 9.17) is 5.11 Å². The zero-order chi connectivity index (χ0) is 11.5. The van der Waals surface area contributed by atoms with E-state index in [9.17, 15) is 4.79 Å². The van der Waals surface area contributed by atoms with Crippen molar-refractivity contribution in [2.75, 3.05) is 0 Å². The molecule has 1 aromatic carbocycles. The highest BCUT2D eigenvalue weighted by Crippen LogP contribution is 2.20. The van der Waals surface area contributed by atoms with Crippen LogP contribution in [0.1, 0.15) is 17.3 Å². The van der Waals surface area contributed by atoms with Gasteiger partial charge in [0.2, 0.25) is 0 Å². The van der Waals surface area contributed by atoms with Crippen LogP contribution in [0.4, 0.5) is 0 Å². The molecule has 82 valence electrons. The molecule has 3 nitrogen and oxygen atoms in total. The number of aromatic nitrogens is 1. The summed E-state index contributed by atoms with van der Waals surface area (Å²) in [4.78, 5) is 11.1. The third-order valence-corrected chi connectivity index (χ3v) is 2.56. The Bertz CT molecular complexity index is 552. The Morgan fingerprint density at radius 1 is 1.44 bits per heavy atom. The maximum Gasteiger partial charge on any atom is 0.337 e. The molecule has 0 amide bonds. The van der Waals surface area contributed by atoms with E-state index < -0.39 is 5.97 Å². The highest BCUT2D eigenvalue weighted by atomic mass is 16.4. The number of fused-ring (bicyclic) bond motifs is 1. The number of carbonyl (C=O) groups is 1. The van der Waals surface area contributed by atoms with Gasteiger partial charge in [0.25, 0.3) is 0 Å². The lowest BCUT2D eigenvalue weighted by Gasteiger charge is -2.04. The molecule has 0 unspecified atom stereocenters. The molecule has 0 radical (unpaired) electrons. The average Bonchev–Trinajstić information content (AvgIpc) is 2.69. The van der Waals surface area contributed by atoms with Crippen LogP contribution < -0.4 is 0 Å². The van der Waals surface area contributed by atoms with Crippen LogP contribution in [-0.4, -0.2) is 15.6 Å². The van der Waals surface area contributed by atoms with Crippen LogP contribution in [-0.2, 0) is 6.54 Å². The third-order valence-electron chi connectivity index (χ3n) is 2.56. The van der Waals surface area contributed by atoms with Crippen molar-refractivity contribution in [3.8, 4) is 0 Å². The van der Waals surface area contributed by atoms with Gasteiger partial charge in [-0.05, 0) is 19.1 Å². The molecule has 1 heterocycles. The van der Waals surface area contributed by atoms with E-state index in [1.54, 1.807) is 12.1 Å². The second kappa shape index (κ2) is 4.23. The molecule has 0 fully saturated rings. The summed E-state index contributed by atoms with van der Waals surface area (Å²) in [6, 6.07) is 7.27. The number of para-hydroxylation sites is 1. The quantitative estimate of drug-likeness (QED) is 0.800. The molecule has 0 aliphatic carbocycles. The van der Waals surface area contributed by atoms with E-state index in [0.29, 0.717) is 12.1 Å². The van der Waals surface area contributed by atoms with E-state index >= 15 is 0 Å². The molecular formula is C13H13NO2. The number of benzene rings is 1. The first kappa shape index (κ1) is 10.5. The van der Waals surface area contributed by atoms with Gasteiger partial charge in [0.05, 0.1) is 11.1 Å². The number of hydrogen-bond acceptors (Lipinski definition) is 1. The van der Waals surface area contributed by atoms with Crippen molar-refractivity contribution < 1.29 is 9.90 Å². The SMILES string of the molecule is CC=CCn1ccc2cccc(C(=O)O)c21. The van der Waals surface area contributed by atoms with Crippen LogP contribution in [0.3, 0.4) is 0 Å². The summed E-state index contributed by atoms with van der Waals surface area (Å²) in [7, 11) is 0. The third kappa shape index (κ3) is 1.72. The Labute approximate surface area is 93.6 Å². The first-order valence-corrected chi connectivity index (χ1v) is 5.16. The Hall–Kier alpha value is -2.03. The summed E-state index contributed by atoms with van der Waals surface area (Å²) >= 11 is 0. The molecule has 0 aliphatic heterocycles. The van der Waals surface area contributed by atoms with Crippen molar-refractivity contribution in [3.05, 3.63) is 48.2 Å². The monoisotopic (exact) mass is 215 g/mol. The molecule has 3 heteroatoms. The number of aromatic carboxylic acids is 1. The van der Waals surface area contributed by atoms with Gasteiger partial charge < -0.3 is 9.67 Å². The number of rotatable bonds is 3. The fourth-order valence-corrected chi connectivity index (χ4v) is 1.80. The Morgan fingerprint density at radius 3 is 2.94 bits per heavy atom. The Balaban J connectivity index is 2.62. The lowest BCUT2D eigenvalue weighted by molar-refractivity contribution is 0.0698. The topological polar surface area (TPSA) is 42.2 Å². The van der Waals surface area contributed by atoms with Crippen molar-refractivity contribution in [1.82, 2.24) is 4.57 Å². The van der Waals surface area contributed by atoms with Crippen molar-refractivity contribution >= 4 is 16.9 Å². The second-order valence-corrected chi connectivity index (χ2v) is 3.59. The molecule has 0 spiro atoms. The minimum Gasteiger partial charge on any atom is -0.478 e. The molecule has 1 N–H and O–H groups in total. The van der Waals surface area contributed by atoms with Gasteiger partial charge in [0, 0.05) is 18.1 Å². The summed E-state index contributed by atoms with van der Waals surface area (Å²) in [5.41, 5.74) is 1.14. The molecule has 0 saturated heterocycles. The minimum absolute atomic E-state index is 0.354. The standard InChI is InChI=1S/C13H13NO2/c1-2-3-8-14-9-7-10-5-4-6-11(12(10)14)13(15)16/h2-7,9H,8H2,1H3,(H,15,16). The second-order valence-electron chi connectivity index (χ2n) is 3.59. The Morgan fingerprint density at radius 2 is 2.25 bits per heavy atom. The van der Waals surface area contributed by atoms with Gasteiger partial charge in [-0.2, -0.15) is 0 Å². The van der Waals surface area contributed by atoms with Crippen molar-refractivity contribution in [3.63, 3.8) is 0 Å². The molecule has 2 aromatic rings. The minimum atomic E-state index is -0.883. The molecular weight excluding hydrogens is 202 g/mol. The number of hydrogen-bond donors (Lipinski definition) is 1. The van der Waals surface area contributed by atoms with E-state index in [2.05, 4.69) is 0 Å². The van der Waals surface area contributed by atoms with Gasteiger partial charge in [-0.15, -0.1) is 0 Å². The normalized spacial score (nSPS) is 11.3. The van der Waals surface area contributed by atoms with Gasteiger partial charge >= 0.3 is 5.97 Å². The van der Waals surface area contributed by atoms with Gasteiger partial charge in [-0.3, -0.25) is 0 Å². The van der Waals surface area contributed by atoms with Crippen molar-refractivity contribution in [1.29, 1.82) is 0 Å². The summed E-state index contributed by atoms with van der Waals surface area (Å²) in [5, 5.41) is 10.1. The lowest BCUT2D eigenvalue weighted by atomic mass is 10.1. The lowest BCUT2D eigenvalue weighted by Crippen LogP contribution is -2.02. The molecule has 0 saturated carbocycles. The van der Waals surface area contributed by atoms with Crippen LogP contribution in [0.15, 0.2) is 42.6 Å². The molecule has 16 heavy (non-hydrogen) atoms. The van der Waals surface area contributed by atoms with E-state index in [-0.39, 0.29) is 0 Å². The van der Waals surface area contributed by atoms with Crippen molar-refractivity contribution in [2.24, 2.45) is 0 Å². The summed E-state index contributed by atoms with van der Waals surface area (Å²) in [5.74, 6) is -0.883. The maximum atomic E-state index is 11.1. The zero-order valence-corrected chi connectivity index (χ0v) is 9.05. The van der Waals surface area contributed by atoms with Crippen LogP contribution >= 0.6 is 0 Å². The molecule has 0 aliphatic rings. The van der Waals surface area contributed by atoms with Crippen molar-refractivity contribution in [2.45, 2.75) is 13.5 Å². The average molecular weight is 215 g/mol. The smallest absolute Gasteiger partial charge is 0.337 e. The van der Waals surface area contributed by atoms with Crippen LogP contribution in [0.5, 0.6) is 0 Å². The zero-order valence-electron chi connectivity index (χ0n) is 9.05. The predicted octanol–water partition coefficient (Wildman–Crippen LogP) is 2.92. The van der Waals surface area contributed by atoms with Crippen LogP contribution in [0.25, 0.3) is 10.9 Å². The molecule has 1 aromatic heterocycles. The summed E-state index contributed by atoms with van der Waals surface area (Å²) in [6.07, 6.45) is 5.87.